The SMILES string of the molecule is CC/C=C\C/C=C\C/C=C\C/C=C\C/C=C\CCCCCCCCCCCCCCCCCCCCCCCCCCCC(=O)OC(COC(=O)CCCCCCCCCCCCCCCCCCCCCCCCC/C=C\C/C=C\CCCCCCC)COC(OCC[N+](C)(C)C)C(=O)O. The normalized spacial score (nSPS) is 13.0. The number of allylic oxidation sites excluding steroid dienone is 14. The molecule has 0 spiro atoms. The lowest BCUT2D eigenvalue weighted by Crippen LogP contribution is -2.40. The highest BCUT2D eigenvalue weighted by Crippen LogP contribution is 2.20. The summed E-state index contributed by atoms with van der Waals surface area (Å²) in [4.78, 5) is 37.8. The van der Waals surface area contributed by atoms with Gasteiger partial charge in [-0.2, -0.15) is 0 Å². The highest BCUT2D eigenvalue weighted by atomic mass is 16.7. The van der Waals surface area contributed by atoms with E-state index in [1.807, 2.05) is 21.1 Å². The predicted molar refractivity (Wildman–Crippen MR) is 438 cm³/mol. The number of carbonyl (C=O) groups is 3. The van der Waals surface area contributed by atoms with E-state index in [1.54, 1.807) is 0 Å². The highest BCUT2D eigenvalue weighted by molar-refractivity contribution is 5.71. The van der Waals surface area contributed by atoms with Crippen molar-refractivity contribution in [2.45, 2.75) is 437 Å². The van der Waals surface area contributed by atoms with E-state index in [0.29, 0.717) is 17.4 Å². The lowest BCUT2D eigenvalue weighted by atomic mass is 10.0. The van der Waals surface area contributed by atoms with E-state index in [0.717, 1.165) is 77.0 Å². The van der Waals surface area contributed by atoms with Crippen LogP contribution in [0.1, 0.15) is 425 Å². The molecule has 0 aromatic carbocycles. The third-order valence-corrected chi connectivity index (χ3v) is 19.6. The van der Waals surface area contributed by atoms with Gasteiger partial charge in [-0.25, -0.2) is 4.79 Å². The minimum Gasteiger partial charge on any atom is -0.477 e. The fourth-order valence-electron chi connectivity index (χ4n) is 13.0. The van der Waals surface area contributed by atoms with E-state index in [2.05, 4.69) is 98.9 Å². The Bertz CT molecular complexity index is 1940. The van der Waals surface area contributed by atoms with Crippen LogP contribution >= 0.6 is 0 Å². The molecule has 0 saturated heterocycles. The minimum atomic E-state index is -1.51. The fraction of sp³-hybridized carbons (Fsp3) is 0.815. The number of esters is 2. The van der Waals surface area contributed by atoms with Gasteiger partial charge in [-0.15, -0.1) is 0 Å². The number of rotatable bonds is 82. The Hall–Kier alpha value is -3.53. The van der Waals surface area contributed by atoms with E-state index in [1.165, 1.54) is 321 Å². The molecule has 2 unspecified atom stereocenters. The second-order valence-electron chi connectivity index (χ2n) is 30.8. The van der Waals surface area contributed by atoms with Gasteiger partial charge in [0.25, 0.3) is 6.29 Å². The molecule has 0 aliphatic carbocycles. The van der Waals surface area contributed by atoms with Crippen molar-refractivity contribution in [3.05, 3.63) is 85.1 Å². The molecular weight excluding hydrogens is 1250 g/mol. The minimum absolute atomic E-state index is 0.177. The molecule has 0 saturated carbocycles. The Kier molecular flexibility index (Phi) is 79.3. The van der Waals surface area contributed by atoms with Gasteiger partial charge in [0.2, 0.25) is 0 Å². The van der Waals surface area contributed by atoms with Crippen molar-refractivity contribution in [3.63, 3.8) is 0 Å². The number of ether oxygens (including phenoxy) is 4. The molecule has 9 heteroatoms. The highest BCUT2D eigenvalue weighted by Gasteiger charge is 2.25. The van der Waals surface area contributed by atoms with Crippen molar-refractivity contribution in [1.82, 2.24) is 0 Å². The summed E-state index contributed by atoms with van der Waals surface area (Å²) >= 11 is 0. The lowest BCUT2D eigenvalue weighted by molar-refractivity contribution is -0.870. The molecule has 0 radical (unpaired) electrons. The number of quaternary nitrogens is 1. The average Bonchev–Trinajstić information content (AvgIpc) is 1.21. The Morgan fingerprint density at radius 2 is 0.564 bits per heavy atom. The second kappa shape index (κ2) is 82.1. The lowest BCUT2D eigenvalue weighted by Gasteiger charge is -2.25. The molecule has 0 fully saturated rings. The van der Waals surface area contributed by atoms with E-state index < -0.39 is 18.4 Å². The van der Waals surface area contributed by atoms with Crippen LogP contribution < -0.4 is 0 Å². The van der Waals surface area contributed by atoms with Crippen molar-refractivity contribution in [2.24, 2.45) is 0 Å². The van der Waals surface area contributed by atoms with Gasteiger partial charge in [0.1, 0.15) is 13.2 Å². The number of carboxylic acid groups (broad SMARTS) is 1. The van der Waals surface area contributed by atoms with Crippen LogP contribution in [0.2, 0.25) is 0 Å². The number of hydrogen-bond acceptors (Lipinski definition) is 7. The zero-order chi connectivity index (χ0) is 73.2. The van der Waals surface area contributed by atoms with Gasteiger partial charge in [0.05, 0.1) is 34.4 Å². The maximum absolute atomic E-state index is 13.0. The van der Waals surface area contributed by atoms with Crippen molar-refractivity contribution in [1.29, 1.82) is 0 Å². The third kappa shape index (κ3) is 83.6. The Morgan fingerprint density at radius 1 is 0.307 bits per heavy atom. The van der Waals surface area contributed by atoms with Gasteiger partial charge in [-0.1, -0.05) is 407 Å². The monoisotopic (exact) mass is 1420 g/mol. The molecule has 0 amide bonds. The number of likely N-dealkylation sites (N-methyl/N-ethyl adjacent to an activating group) is 1. The summed E-state index contributed by atoms with van der Waals surface area (Å²) in [6.45, 7) is 4.82. The summed E-state index contributed by atoms with van der Waals surface area (Å²) in [7, 11) is 6.00. The molecule has 101 heavy (non-hydrogen) atoms. The van der Waals surface area contributed by atoms with Crippen molar-refractivity contribution in [2.75, 3.05) is 47.5 Å². The quantitative estimate of drug-likeness (QED) is 0.0211. The topological polar surface area (TPSA) is 108 Å². The molecule has 0 rings (SSSR count). The number of nitrogens with zero attached hydrogens (tertiary/aromatic N) is 1. The smallest absolute Gasteiger partial charge is 0.361 e. The van der Waals surface area contributed by atoms with Gasteiger partial charge in [-0.05, 0) is 89.9 Å². The van der Waals surface area contributed by atoms with Crippen LogP contribution in [0.3, 0.4) is 0 Å². The summed E-state index contributed by atoms with van der Waals surface area (Å²) in [6.07, 6.45) is 111. The van der Waals surface area contributed by atoms with Crippen LogP contribution in [0, 0.1) is 0 Å². The van der Waals surface area contributed by atoms with Crippen LogP contribution in [0.25, 0.3) is 0 Å². The molecule has 1 N–H and O–H groups in total. The van der Waals surface area contributed by atoms with Gasteiger partial charge in [0.15, 0.2) is 6.10 Å². The molecule has 588 valence electrons. The van der Waals surface area contributed by atoms with Crippen LogP contribution in [0.4, 0.5) is 0 Å². The zero-order valence-corrected chi connectivity index (χ0v) is 67.6. The molecule has 2 atom stereocenters. The Morgan fingerprint density at radius 3 is 0.842 bits per heavy atom. The number of carbonyl (C=O) groups excluding carboxylic acids is 2. The van der Waals surface area contributed by atoms with Crippen LogP contribution in [-0.2, 0) is 33.3 Å². The first kappa shape index (κ1) is 97.5. The van der Waals surface area contributed by atoms with Crippen LogP contribution in [0.15, 0.2) is 85.1 Å². The summed E-state index contributed by atoms with van der Waals surface area (Å²) < 4.78 is 23.1. The summed E-state index contributed by atoms with van der Waals surface area (Å²) in [5.41, 5.74) is 0. The van der Waals surface area contributed by atoms with E-state index in [4.69, 9.17) is 18.9 Å². The number of carboxylic acids is 1. The largest absolute Gasteiger partial charge is 0.477 e. The summed E-state index contributed by atoms with van der Waals surface area (Å²) in [5.74, 6) is -1.97. The van der Waals surface area contributed by atoms with Crippen LogP contribution in [-0.4, -0.2) is 87.4 Å². The molecule has 0 aromatic rings. The first-order valence-corrected chi connectivity index (χ1v) is 43.8. The third-order valence-electron chi connectivity index (χ3n) is 19.6. The maximum Gasteiger partial charge on any atom is 0.361 e. The van der Waals surface area contributed by atoms with Crippen molar-refractivity contribution >= 4 is 17.9 Å². The molecule has 0 aliphatic heterocycles. The van der Waals surface area contributed by atoms with E-state index >= 15 is 0 Å². The Balaban J connectivity index is 3.92. The number of hydrogen-bond donors (Lipinski definition) is 1. The second-order valence-corrected chi connectivity index (χ2v) is 30.8. The molecule has 0 heterocycles. The van der Waals surface area contributed by atoms with Gasteiger partial charge in [-0.3, -0.25) is 9.59 Å². The average molecular weight is 1420 g/mol. The zero-order valence-electron chi connectivity index (χ0n) is 67.6. The first-order valence-electron chi connectivity index (χ1n) is 43.8. The van der Waals surface area contributed by atoms with Crippen molar-refractivity contribution < 1.29 is 42.9 Å². The summed E-state index contributed by atoms with van der Waals surface area (Å²) in [5, 5.41) is 9.79. The van der Waals surface area contributed by atoms with E-state index in [-0.39, 0.29) is 38.2 Å². The number of unbranched alkanes of at least 4 members (excludes halogenated alkanes) is 53. The van der Waals surface area contributed by atoms with Gasteiger partial charge in [0, 0.05) is 12.8 Å². The van der Waals surface area contributed by atoms with Crippen LogP contribution in [0.5, 0.6) is 0 Å². The summed E-state index contributed by atoms with van der Waals surface area (Å²) in [6, 6.07) is 0. The van der Waals surface area contributed by atoms with Gasteiger partial charge >= 0.3 is 17.9 Å². The Labute approximate surface area is 627 Å². The molecule has 9 nitrogen and oxygen atoms in total. The first-order chi connectivity index (χ1) is 49.6. The maximum atomic E-state index is 13.0. The van der Waals surface area contributed by atoms with E-state index in [9.17, 15) is 19.5 Å². The standard InChI is InChI=1S/C92H167NO8/c1-6-8-10-12-14-16-18-20-22-24-26-28-30-32-34-36-38-40-42-43-44-45-46-47-49-51-53-55-57-59-61-63-65-67-69-71-73-75-77-79-81-83-90(95)101-88(87-100-92(91(96)97)98-85-84-93(3,4)5)86-99-89(94)82-80-78-76-74-72-70-68-66-64-62-60-58-56-54-52-50-48-41-39-37-35-33-31-29-27-25-23-21-19-17-15-13-11-9-7-2/h8,10,14,16,19-22,25-28,32,34,88,92H,6-7,9,11-13,15,17-18,23-24,29-31,33,35-87H2,1-5H3/p+1/b10-8-,16-14-,21-19-,22-20-,27-25-,28-26-,34-32-. The molecule has 0 aromatic heterocycles. The fourth-order valence-corrected chi connectivity index (χ4v) is 13.0. The van der Waals surface area contributed by atoms with Gasteiger partial charge < -0.3 is 28.5 Å². The molecule has 0 bridgehead atoms. The molecular formula is C92H168NO8+. The molecule has 0 aliphatic rings. The van der Waals surface area contributed by atoms with Crippen molar-refractivity contribution in [3.8, 4) is 0 Å². The predicted octanol–water partition coefficient (Wildman–Crippen LogP) is 28.5. The number of aliphatic carboxylic acids is 1.